The lowest BCUT2D eigenvalue weighted by molar-refractivity contribution is -0.150. The van der Waals surface area contributed by atoms with Crippen molar-refractivity contribution in [1.29, 1.82) is 0 Å². The number of alkyl halides is 4. The molecule has 7 nitrogen and oxygen atoms in total. The molecule has 0 bridgehead atoms. The van der Waals surface area contributed by atoms with Crippen LogP contribution < -0.4 is 0 Å². The summed E-state index contributed by atoms with van der Waals surface area (Å²) in [4.78, 5) is 38.4. The molecule has 0 aromatic carbocycles. The molecule has 0 heterocycles. The van der Waals surface area contributed by atoms with Crippen LogP contribution in [0.25, 0.3) is 0 Å². The first-order valence-electron chi connectivity index (χ1n) is 20.1. The molecule has 0 aliphatic rings. The molecule has 0 saturated carbocycles. The molecule has 0 saturated heterocycles. The van der Waals surface area contributed by atoms with Gasteiger partial charge in [0.15, 0.2) is 0 Å². The Morgan fingerprint density at radius 3 is 1.38 bits per heavy atom. The normalized spacial score (nSPS) is 12.4. The molecule has 52 heavy (non-hydrogen) atoms. The molecule has 0 unspecified atom stereocenters. The fraction of sp³-hybridized carbons (Fsp3) is 0.829. The van der Waals surface area contributed by atoms with Gasteiger partial charge >= 0.3 is 17.9 Å². The highest BCUT2D eigenvalue weighted by molar-refractivity contribution is 5.70. The number of hydrogen-bond acceptors (Lipinski definition) is 7. The molecular weight excluding hydrogens is 678 g/mol. The third-order valence-electron chi connectivity index (χ3n) is 8.73. The largest absolute Gasteiger partial charge is 0.462 e. The van der Waals surface area contributed by atoms with Crippen molar-refractivity contribution in [1.82, 2.24) is 4.90 Å². The van der Waals surface area contributed by atoms with Crippen LogP contribution in [0, 0.1) is 0 Å². The minimum atomic E-state index is -2.87. The van der Waals surface area contributed by atoms with Crippen LogP contribution in [0.5, 0.6) is 0 Å². The highest BCUT2D eigenvalue weighted by Crippen LogP contribution is 2.24. The van der Waals surface area contributed by atoms with Crippen LogP contribution in [-0.2, 0) is 28.6 Å². The number of esters is 3. The fourth-order valence-electron chi connectivity index (χ4n) is 5.65. The summed E-state index contributed by atoms with van der Waals surface area (Å²) in [6.07, 6.45) is 19.7. The van der Waals surface area contributed by atoms with Crippen LogP contribution in [0.3, 0.4) is 0 Å². The van der Waals surface area contributed by atoms with Crippen LogP contribution in [0.15, 0.2) is 24.3 Å². The number of carbonyl (C=O) groups excluding carboxylic acids is 3. The third kappa shape index (κ3) is 33.4. The Morgan fingerprint density at radius 2 is 0.962 bits per heavy atom. The van der Waals surface area contributed by atoms with E-state index in [1.807, 2.05) is 32.8 Å². The Bertz CT molecular complexity index is 911. The highest BCUT2D eigenvalue weighted by atomic mass is 19.3. The van der Waals surface area contributed by atoms with Crippen molar-refractivity contribution in [2.45, 2.75) is 186 Å². The lowest BCUT2D eigenvalue weighted by Gasteiger charge is -2.18. The summed E-state index contributed by atoms with van der Waals surface area (Å²) in [6, 6.07) is 0. The van der Waals surface area contributed by atoms with Gasteiger partial charge < -0.3 is 19.1 Å². The number of halogens is 4. The molecule has 0 rings (SSSR count). The van der Waals surface area contributed by atoms with E-state index in [-0.39, 0.29) is 62.9 Å². The topological polar surface area (TPSA) is 82.1 Å². The van der Waals surface area contributed by atoms with Crippen molar-refractivity contribution in [2.24, 2.45) is 0 Å². The minimum absolute atomic E-state index is 0.142. The molecule has 0 spiro atoms. The molecule has 304 valence electrons. The SMILES string of the molecule is CCCCCC(F)(F)/C=C\COC(=O)CCCCCCCC(CCCCCCCC(=O)OC/C=C\C(F)(F)CCCCC)OC(=O)CCCN(C)C. The predicted octanol–water partition coefficient (Wildman–Crippen LogP) is 11.3. The molecule has 0 fully saturated rings. The van der Waals surface area contributed by atoms with Crippen molar-refractivity contribution >= 4 is 17.9 Å². The first kappa shape index (κ1) is 49.6. The maximum absolute atomic E-state index is 13.8. The molecule has 0 aliphatic carbocycles. The van der Waals surface area contributed by atoms with Crippen molar-refractivity contribution in [3.63, 3.8) is 0 Å². The van der Waals surface area contributed by atoms with Crippen molar-refractivity contribution < 1.29 is 46.2 Å². The number of allylic oxidation sites excluding steroid dienone is 2. The fourth-order valence-corrected chi connectivity index (χ4v) is 5.65. The Hall–Kier alpha value is -2.43. The predicted molar refractivity (Wildman–Crippen MR) is 201 cm³/mol. The van der Waals surface area contributed by atoms with Gasteiger partial charge in [-0.25, -0.2) is 17.6 Å². The first-order valence-corrected chi connectivity index (χ1v) is 20.1. The number of ether oxygens (including phenoxy) is 3. The molecule has 0 aliphatic heterocycles. The van der Waals surface area contributed by atoms with Crippen LogP contribution >= 0.6 is 0 Å². The van der Waals surface area contributed by atoms with Crippen molar-refractivity contribution in [2.75, 3.05) is 33.9 Å². The summed E-state index contributed by atoms with van der Waals surface area (Å²) in [5.74, 6) is -6.68. The van der Waals surface area contributed by atoms with E-state index in [1.165, 1.54) is 12.2 Å². The van der Waals surface area contributed by atoms with Gasteiger partial charge in [-0.1, -0.05) is 78.1 Å². The minimum Gasteiger partial charge on any atom is -0.462 e. The highest BCUT2D eigenvalue weighted by Gasteiger charge is 2.24. The number of nitrogens with zero attached hydrogens (tertiary/aromatic N) is 1. The van der Waals surface area contributed by atoms with Crippen LogP contribution in [-0.4, -0.2) is 74.6 Å². The second kappa shape index (κ2) is 32.0. The smallest absolute Gasteiger partial charge is 0.306 e. The number of hydrogen-bond donors (Lipinski definition) is 0. The second-order valence-electron chi connectivity index (χ2n) is 14.2. The molecule has 0 aromatic rings. The zero-order valence-corrected chi connectivity index (χ0v) is 32.9. The van der Waals surface area contributed by atoms with Gasteiger partial charge in [0.05, 0.1) is 0 Å². The molecule has 0 atom stereocenters. The zero-order valence-electron chi connectivity index (χ0n) is 32.9. The number of rotatable bonds is 35. The van der Waals surface area contributed by atoms with E-state index in [2.05, 4.69) is 0 Å². The number of carbonyl (C=O) groups is 3. The van der Waals surface area contributed by atoms with E-state index in [0.717, 1.165) is 115 Å². The summed E-state index contributed by atoms with van der Waals surface area (Å²) in [5, 5.41) is 0. The van der Waals surface area contributed by atoms with Gasteiger partial charge in [-0.15, -0.1) is 0 Å². The Morgan fingerprint density at radius 1 is 0.558 bits per heavy atom. The summed E-state index contributed by atoms with van der Waals surface area (Å²) in [6.45, 7) is 4.47. The third-order valence-corrected chi connectivity index (χ3v) is 8.73. The summed E-state index contributed by atoms with van der Waals surface area (Å²) in [5.41, 5.74) is 0. The second-order valence-corrected chi connectivity index (χ2v) is 14.2. The average Bonchev–Trinajstić information content (AvgIpc) is 3.07. The van der Waals surface area contributed by atoms with E-state index >= 15 is 0 Å². The van der Waals surface area contributed by atoms with Gasteiger partial charge in [-0.3, -0.25) is 14.4 Å². The van der Waals surface area contributed by atoms with Gasteiger partial charge in [0, 0.05) is 32.1 Å². The van der Waals surface area contributed by atoms with Gasteiger partial charge in [0.1, 0.15) is 19.3 Å². The molecule has 11 heteroatoms. The van der Waals surface area contributed by atoms with E-state index in [9.17, 15) is 31.9 Å². The summed E-state index contributed by atoms with van der Waals surface area (Å²) in [7, 11) is 3.94. The average molecular weight is 750 g/mol. The van der Waals surface area contributed by atoms with Crippen LogP contribution in [0.2, 0.25) is 0 Å². The van der Waals surface area contributed by atoms with E-state index < -0.39 is 11.8 Å². The van der Waals surface area contributed by atoms with E-state index in [4.69, 9.17) is 14.2 Å². The summed E-state index contributed by atoms with van der Waals surface area (Å²) < 4.78 is 71.0. The Labute approximate surface area is 312 Å². The van der Waals surface area contributed by atoms with Crippen molar-refractivity contribution in [3.8, 4) is 0 Å². The van der Waals surface area contributed by atoms with Crippen LogP contribution in [0.4, 0.5) is 17.6 Å². The van der Waals surface area contributed by atoms with Crippen molar-refractivity contribution in [3.05, 3.63) is 24.3 Å². The molecule has 0 aromatic heterocycles. The Kier molecular flexibility index (Phi) is 30.5. The zero-order chi connectivity index (χ0) is 38.9. The molecule has 0 radical (unpaired) electrons. The van der Waals surface area contributed by atoms with Gasteiger partial charge in [-0.05, 0) is 103 Å². The lowest BCUT2D eigenvalue weighted by Crippen LogP contribution is -2.20. The maximum atomic E-state index is 13.8. The molecule has 0 N–H and O–H groups in total. The first-order chi connectivity index (χ1) is 24.8. The monoisotopic (exact) mass is 750 g/mol. The molecule has 0 amide bonds. The quantitative estimate of drug-likeness (QED) is 0.0210. The Balaban J connectivity index is 4.29. The summed E-state index contributed by atoms with van der Waals surface area (Å²) >= 11 is 0. The standard InChI is InChI=1S/C41H71F4NO6/c1-5-7-19-29-40(42,43)31-22-34-50-37(47)26-17-13-9-11-15-24-36(52-39(49)28-21-33-46(3)4)25-16-12-10-14-18-27-38(48)51-35-23-32-41(44,45)30-20-8-6-2/h22-23,31-32,36H,5-21,24-30,33-35H2,1-4H3/b31-22-,32-23-. The van der Waals surface area contributed by atoms with Gasteiger partial charge in [0.2, 0.25) is 0 Å². The lowest BCUT2D eigenvalue weighted by atomic mass is 10.0. The molecular formula is C41H71F4NO6. The van der Waals surface area contributed by atoms with E-state index in [1.54, 1.807) is 0 Å². The van der Waals surface area contributed by atoms with E-state index in [0.29, 0.717) is 32.1 Å². The van der Waals surface area contributed by atoms with Gasteiger partial charge in [-0.2, -0.15) is 0 Å². The van der Waals surface area contributed by atoms with Gasteiger partial charge in [0.25, 0.3) is 11.8 Å². The number of unbranched alkanes of at least 4 members (excludes halogenated alkanes) is 12. The maximum Gasteiger partial charge on any atom is 0.306 e. The van der Waals surface area contributed by atoms with Crippen LogP contribution in [0.1, 0.15) is 168 Å².